The second-order valence-corrected chi connectivity index (χ2v) is 9.65. The van der Waals surface area contributed by atoms with Crippen LogP contribution in [0.25, 0.3) is 0 Å². The molecule has 0 bridgehead atoms. The number of nitrogens with one attached hydrogen (secondary N) is 1. The van der Waals surface area contributed by atoms with Gasteiger partial charge in [0.15, 0.2) is 11.5 Å². The SMILES string of the molecule is CCOC(=O)c1c(NC(=O)CSC(=S)N(C)C)sc(Cc2ccc3c(c2)OCO3)c1C. The lowest BCUT2D eigenvalue weighted by molar-refractivity contribution is -0.113. The van der Waals surface area contributed by atoms with E-state index in [4.69, 9.17) is 26.4 Å². The molecule has 0 unspecified atom stereocenters. The maximum absolute atomic E-state index is 12.6. The molecule has 1 N–H and O–H groups in total. The van der Waals surface area contributed by atoms with E-state index in [2.05, 4.69) is 5.32 Å². The van der Waals surface area contributed by atoms with E-state index in [0.717, 1.165) is 21.8 Å². The van der Waals surface area contributed by atoms with Crippen LogP contribution in [-0.4, -0.2) is 54.3 Å². The zero-order valence-electron chi connectivity index (χ0n) is 17.8. The Morgan fingerprint density at radius 2 is 2.03 bits per heavy atom. The molecule has 2 heterocycles. The van der Waals surface area contributed by atoms with E-state index in [0.29, 0.717) is 27.1 Å². The number of carbonyl (C=O) groups is 2. The molecule has 0 atom stereocenters. The van der Waals surface area contributed by atoms with Gasteiger partial charge in [0.25, 0.3) is 0 Å². The van der Waals surface area contributed by atoms with Crippen LogP contribution >= 0.6 is 35.3 Å². The van der Waals surface area contributed by atoms with Gasteiger partial charge < -0.3 is 24.4 Å². The summed E-state index contributed by atoms with van der Waals surface area (Å²) in [6, 6.07) is 5.77. The third-order valence-electron chi connectivity index (χ3n) is 4.47. The number of thioether (sulfide) groups is 1. The number of hydrogen-bond donors (Lipinski definition) is 1. The molecule has 166 valence electrons. The molecule has 0 saturated heterocycles. The summed E-state index contributed by atoms with van der Waals surface area (Å²) in [7, 11) is 3.66. The van der Waals surface area contributed by atoms with Crippen LogP contribution in [0.15, 0.2) is 18.2 Å². The highest BCUT2D eigenvalue weighted by molar-refractivity contribution is 8.23. The van der Waals surface area contributed by atoms with E-state index in [9.17, 15) is 9.59 Å². The first-order valence-electron chi connectivity index (χ1n) is 9.62. The molecule has 0 radical (unpaired) electrons. The van der Waals surface area contributed by atoms with Crippen LogP contribution in [0.5, 0.6) is 11.5 Å². The number of thiophene rings is 1. The minimum Gasteiger partial charge on any atom is -0.462 e. The summed E-state index contributed by atoms with van der Waals surface area (Å²) in [5.74, 6) is 0.920. The lowest BCUT2D eigenvalue weighted by Crippen LogP contribution is -2.21. The van der Waals surface area contributed by atoms with Crippen molar-refractivity contribution in [2.24, 2.45) is 0 Å². The van der Waals surface area contributed by atoms with Crippen molar-refractivity contribution < 1.29 is 23.8 Å². The van der Waals surface area contributed by atoms with Gasteiger partial charge in [-0.1, -0.05) is 30.0 Å². The average Bonchev–Trinajstić information content (AvgIpc) is 3.30. The topological polar surface area (TPSA) is 77.1 Å². The van der Waals surface area contributed by atoms with Gasteiger partial charge in [-0.3, -0.25) is 4.79 Å². The number of hydrogen-bond acceptors (Lipinski definition) is 8. The van der Waals surface area contributed by atoms with E-state index in [1.54, 1.807) is 11.8 Å². The Balaban J connectivity index is 1.81. The maximum Gasteiger partial charge on any atom is 0.341 e. The van der Waals surface area contributed by atoms with Gasteiger partial charge in [-0.2, -0.15) is 0 Å². The van der Waals surface area contributed by atoms with Crippen LogP contribution < -0.4 is 14.8 Å². The summed E-state index contributed by atoms with van der Waals surface area (Å²) < 4.78 is 16.7. The number of benzene rings is 1. The smallest absolute Gasteiger partial charge is 0.341 e. The molecule has 1 aliphatic heterocycles. The molecule has 1 aromatic heterocycles. The van der Waals surface area contributed by atoms with Gasteiger partial charge in [-0.15, -0.1) is 11.3 Å². The van der Waals surface area contributed by atoms with Crippen molar-refractivity contribution in [3.63, 3.8) is 0 Å². The van der Waals surface area contributed by atoms with Crippen LogP contribution in [0.3, 0.4) is 0 Å². The summed E-state index contributed by atoms with van der Waals surface area (Å²) in [5.41, 5.74) is 2.22. The van der Waals surface area contributed by atoms with E-state index in [1.165, 1.54) is 23.1 Å². The largest absolute Gasteiger partial charge is 0.462 e. The number of rotatable bonds is 7. The fourth-order valence-electron chi connectivity index (χ4n) is 2.92. The highest BCUT2D eigenvalue weighted by Gasteiger charge is 2.24. The summed E-state index contributed by atoms with van der Waals surface area (Å²) >= 11 is 7.86. The molecule has 0 fully saturated rings. The minimum absolute atomic E-state index is 0.160. The summed E-state index contributed by atoms with van der Waals surface area (Å²) in [6.07, 6.45) is 0.592. The normalized spacial score (nSPS) is 11.9. The van der Waals surface area contributed by atoms with Crippen molar-refractivity contribution in [1.82, 2.24) is 4.90 Å². The van der Waals surface area contributed by atoms with Crippen LogP contribution in [0.2, 0.25) is 0 Å². The minimum atomic E-state index is -0.444. The molecule has 31 heavy (non-hydrogen) atoms. The Morgan fingerprint density at radius 3 is 2.74 bits per heavy atom. The molecule has 2 aromatic rings. The highest BCUT2D eigenvalue weighted by atomic mass is 32.2. The predicted octanol–water partition coefficient (Wildman–Crippen LogP) is 4.07. The molecule has 0 saturated carbocycles. The molecule has 1 amide bonds. The van der Waals surface area contributed by atoms with E-state index >= 15 is 0 Å². The number of fused-ring (bicyclic) bond motifs is 1. The second kappa shape index (κ2) is 10.3. The van der Waals surface area contributed by atoms with Crippen molar-refractivity contribution in [3.05, 3.63) is 39.8 Å². The quantitative estimate of drug-likeness (QED) is 0.469. The van der Waals surface area contributed by atoms with Crippen molar-refractivity contribution in [2.75, 3.05) is 38.6 Å². The monoisotopic (exact) mass is 480 g/mol. The molecule has 1 aromatic carbocycles. The van der Waals surface area contributed by atoms with Gasteiger partial charge >= 0.3 is 5.97 Å². The molecule has 10 heteroatoms. The van der Waals surface area contributed by atoms with E-state index in [-0.39, 0.29) is 25.1 Å². The van der Waals surface area contributed by atoms with Gasteiger partial charge in [-0.25, -0.2) is 4.79 Å². The molecule has 7 nitrogen and oxygen atoms in total. The van der Waals surface area contributed by atoms with Crippen molar-refractivity contribution in [3.8, 4) is 11.5 Å². The standard InChI is InChI=1S/C21H24N2O5S3/c1-5-26-20(25)18-12(2)16(9-13-6-7-14-15(8-13)28-11-27-14)31-19(18)22-17(24)10-30-21(29)23(3)4/h6-8H,5,9-11H2,1-4H3,(H,22,24). The van der Waals surface area contributed by atoms with Crippen LogP contribution in [-0.2, 0) is 16.0 Å². The fraction of sp³-hybridized carbons (Fsp3) is 0.381. The average molecular weight is 481 g/mol. The zero-order valence-corrected chi connectivity index (χ0v) is 20.2. The number of anilines is 1. The lowest BCUT2D eigenvalue weighted by Gasteiger charge is -2.12. The molecular weight excluding hydrogens is 456 g/mol. The van der Waals surface area contributed by atoms with Crippen LogP contribution in [0.1, 0.15) is 33.3 Å². The molecule has 3 rings (SSSR count). The highest BCUT2D eigenvalue weighted by Crippen LogP contribution is 2.37. The summed E-state index contributed by atoms with van der Waals surface area (Å²) in [6.45, 7) is 4.10. The lowest BCUT2D eigenvalue weighted by atomic mass is 10.1. The second-order valence-electron chi connectivity index (χ2n) is 6.94. The third-order valence-corrected chi connectivity index (χ3v) is 7.42. The van der Waals surface area contributed by atoms with E-state index < -0.39 is 5.97 Å². The Bertz CT molecular complexity index is 1000. The van der Waals surface area contributed by atoms with Gasteiger partial charge in [0, 0.05) is 25.4 Å². The first kappa shape index (κ1) is 23.4. The molecule has 0 spiro atoms. The fourth-order valence-corrected chi connectivity index (χ4v) is 4.93. The van der Waals surface area contributed by atoms with Gasteiger partial charge in [0.2, 0.25) is 12.7 Å². The summed E-state index contributed by atoms with van der Waals surface area (Å²) in [4.78, 5) is 27.8. The number of carbonyl (C=O) groups excluding carboxylic acids is 2. The van der Waals surface area contributed by atoms with Gasteiger partial charge in [0.05, 0.1) is 17.9 Å². The van der Waals surface area contributed by atoms with Gasteiger partial charge in [-0.05, 0) is 37.1 Å². The van der Waals surface area contributed by atoms with E-state index in [1.807, 2.05) is 39.2 Å². The third kappa shape index (κ3) is 5.69. The number of thiocarbonyl (C=S) groups is 1. The molecular formula is C21H24N2O5S3. The number of nitrogens with zero attached hydrogens (tertiary/aromatic N) is 1. The summed E-state index contributed by atoms with van der Waals surface area (Å²) in [5, 5.41) is 3.36. The van der Waals surface area contributed by atoms with Crippen LogP contribution in [0, 0.1) is 6.92 Å². The Hall–Kier alpha value is -2.30. The maximum atomic E-state index is 12.6. The van der Waals surface area contributed by atoms with Gasteiger partial charge in [0.1, 0.15) is 9.32 Å². The Morgan fingerprint density at radius 1 is 1.29 bits per heavy atom. The number of amides is 1. The van der Waals surface area contributed by atoms with Crippen molar-refractivity contribution in [1.29, 1.82) is 0 Å². The van der Waals surface area contributed by atoms with Crippen molar-refractivity contribution in [2.45, 2.75) is 20.3 Å². The van der Waals surface area contributed by atoms with Crippen LogP contribution in [0.4, 0.5) is 5.00 Å². The molecule has 1 aliphatic rings. The first-order valence-corrected chi connectivity index (χ1v) is 11.8. The zero-order chi connectivity index (χ0) is 22.5. The molecule has 0 aliphatic carbocycles. The number of ether oxygens (including phenoxy) is 3. The Kier molecular flexibility index (Phi) is 7.79. The first-order chi connectivity index (χ1) is 14.8. The Labute approximate surface area is 195 Å². The predicted molar refractivity (Wildman–Crippen MR) is 128 cm³/mol. The number of esters is 1. The van der Waals surface area contributed by atoms with Crippen molar-refractivity contribution >= 4 is 56.5 Å².